The summed E-state index contributed by atoms with van der Waals surface area (Å²) in [5, 5.41) is 3.03. The van der Waals surface area contributed by atoms with Gasteiger partial charge in [-0.15, -0.1) is 0 Å². The minimum Gasteiger partial charge on any atom is -0.373 e. The first-order valence-electron chi connectivity index (χ1n) is 7.34. The molecule has 22 heavy (non-hydrogen) atoms. The van der Waals surface area contributed by atoms with Crippen LogP contribution < -0.4 is 5.32 Å². The molecule has 0 saturated carbocycles. The molecule has 3 rings (SSSR count). The highest BCUT2D eigenvalue weighted by molar-refractivity contribution is 5.34. The number of rotatable bonds is 4. The van der Waals surface area contributed by atoms with Crippen molar-refractivity contribution < 1.29 is 9.13 Å². The Morgan fingerprint density at radius 1 is 1.36 bits per heavy atom. The van der Waals surface area contributed by atoms with E-state index < -0.39 is 0 Å². The molecule has 1 aliphatic rings. The van der Waals surface area contributed by atoms with Gasteiger partial charge in [0.2, 0.25) is 0 Å². The third-order valence-corrected chi connectivity index (χ3v) is 3.72. The number of morpholine rings is 1. The molecule has 0 spiro atoms. The molecule has 1 atom stereocenters. The Hall–Kier alpha value is -2.05. The highest BCUT2D eigenvalue weighted by atomic mass is 19.1. The first-order valence-corrected chi connectivity index (χ1v) is 7.34. The number of halogens is 1. The van der Waals surface area contributed by atoms with Gasteiger partial charge in [-0.2, -0.15) is 0 Å². The molecule has 1 aliphatic heterocycles. The average Bonchev–Trinajstić information content (AvgIpc) is 2.57. The normalized spacial score (nSPS) is 19.1. The molecule has 0 bridgehead atoms. The number of hydrogen-bond acceptors (Lipinski definition) is 5. The van der Waals surface area contributed by atoms with Crippen molar-refractivity contribution >= 4 is 5.82 Å². The van der Waals surface area contributed by atoms with Crippen LogP contribution in [0.1, 0.15) is 17.5 Å². The van der Waals surface area contributed by atoms with E-state index in [1.54, 1.807) is 12.3 Å². The lowest BCUT2D eigenvalue weighted by atomic mass is 10.1. The standard InChI is InChI=1S/C16H19FN4O/c1-18-16-6-2-5-13(20-16)15-11-21(8-9-22-15)10-14-12(17)4-3-7-19-14/h2-7,15H,8-11H2,1H3,(H,18,20)/t15-/m0/s1. The van der Waals surface area contributed by atoms with Gasteiger partial charge in [-0.3, -0.25) is 9.88 Å². The second-order valence-electron chi connectivity index (χ2n) is 5.22. The van der Waals surface area contributed by atoms with Crippen LogP contribution in [0, 0.1) is 5.82 Å². The summed E-state index contributed by atoms with van der Waals surface area (Å²) >= 11 is 0. The molecule has 0 radical (unpaired) electrons. The van der Waals surface area contributed by atoms with Gasteiger partial charge in [-0.1, -0.05) is 6.07 Å². The van der Waals surface area contributed by atoms with Crippen molar-refractivity contribution in [3.63, 3.8) is 0 Å². The van der Waals surface area contributed by atoms with Gasteiger partial charge in [0, 0.05) is 32.9 Å². The molecule has 2 aromatic heterocycles. The number of nitrogens with zero attached hydrogens (tertiary/aromatic N) is 3. The van der Waals surface area contributed by atoms with Crippen LogP contribution in [0.2, 0.25) is 0 Å². The molecule has 0 aromatic carbocycles. The van der Waals surface area contributed by atoms with Crippen molar-refractivity contribution in [2.24, 2.45) is 0 Å². The van der Waals surface area contributed by atoms with E-state index in [1.807, 2.05) is 25.2 Å². The fourth-order valence-electron chi connectivity index (χ4n) is 2.54. The summed E-state index contributed by atoms with van der Waals surface area (Å²) in [6, 6.07) is 8.87. The predicted octanol–water partition coefficient (Wildman–Crippen LogP) is 2.23. The fraction of sp³-hybridized carbons (Fsp3) is 0.375. The zero-order valence-corrected chi connectivity index (χ0v) is 12.5. The lowest BCUT2D eigenvalue weighted by Crippen LogP contribution is -2.38. The molecule has 0 unspecified atom stereocenters. The van der Waals surface area contributed by atoms with Crippen LogP contribution in [-0.2, 0) is 11.3 Å². The van der Waals surface area contributed by atoms with Crippen LogP contribution in [0.15, 0.2) is 36.5 Å². The van der Waals surface area contributed by atoms with E-state index >= 15 is 0 Å². The van der Waals surface area contributed by atoms with Crippen molar-refractivity contribution in [3.05, 3.63) is 53.7 Å². The Kier molecular flexibility index (Phi) is 4.60. The molecule has 1 N–H and O–H groups in total. The smallest absolute Gasteiger partial charge is 0.146 e. The van der Waals surface area contributed by atoms with Crippen molar-refractivity contribution in [1.82, 2.24) is 14.9 Å². The Bertz CT molecular complexity index is 637. The lowest BCUT2D eigenvalue weighted by molar-refractivity contribution is -0.0355. The maximum Gasteiger partial charge on any atom is 0.146 e. The second kappa shape index (κ2) is 6.81. The third kappa shape index (κ3) is 3.40. The highest BCUT2D eigenvalue weighted by Gasteiger charge is 2.24. The molecular formula is C16H19FN4O. The van der Waals surface area contributed by atoms with Crippen LogP contribution in [0.5, 0.6) is 0 Å². The summed E-state index contributed by atoms with van der Waals surface area (Å²) in [6.07, 6.45) is 1.52. The number of ether oxygens (including phenoxy) is 1. The topological polar surface area (TPSA) is 50.3 Å². The fourth-order valence-corrected chi connectivity index (χ4v) is 2.54. The lowest BCUT2D eigenvalue weighted by Gasteiger charge is -2.32. The molecule has 6 heteroatoms. The first kappa shape index (κ1) is 14.9. The Morgan fingerprint density at radius 3 is 3.09 bits per heavy atom. The SMILES string of the molecule is CNc1cccc([C@@H]2CN(Cc3ncccc3F)CCO2)n1. The summed E-state index contributed by atoms with van der Waals surface area (Å²) in [5.74, 6) is 0.551. The number of pyridine rings is 2. The summed E-state index contributed by atoms with van der Waals surface area (Å²) in [7, 11) is 1.84. The van der Waals surface area contributed by atoms with E-state index in [0.717, 1.165) is 18.1 Å². The monoisotopic (exact) mass is 302 g/mol. The van der Waals surface area contributed by atoms with Crippen molar-refractivity contribution in [3.8, 4) is 0 Å². The van der Waals surface area contributed by atoms with Gasteiger partial charge in [0.1, 0.15) is 17.7 Å². The minimum atomic E-state index is -0.263. The summed E-state index contributed by atoms with van der Waals surface area (Å²) < 4.78 is 19.5. The van der Waals surface area contributed by atoms with Gasteiger partial charge in [0.15, 0.2) is 0 Å². The van der Waals surface area contributed by atoms with Gasteiger partial charge >= 0.3 is 0 Å². The molecule has 0 amide bonds. The van der Waals surface area contributed by atoms with E-state index in [-0.39, 0.29) is 11.9 Å². The van der Waals surface area contributed by atoms with E-state index in [9.17, 15) is 4.39 Å². The number of aromatic nitrogens is 2. The zero-order valence-electron chi connectivity index (χ0n) is 12.5. The van der Waals surface area contributed by atoms with Crippen LogP contribution in [-0.4, -0.2) is 41.6 Å². The van der Waals surface area contributed by atoms with Gasteiger partial charge < -0.3 is 10.1 Å². The third-order valence-electron chi connectivity index (χ3n) is 3.72. The largest absolute Gasteiger partial charge is 0.373 e. The van der Waals surface area contributed by atoms with Gasteiger partial charge in [-0.25, -0.2) is 9.37 Å². The predicted molar refractivity (Wildman–Crippen MR) is 81.9 cm³/mol. The summed E-state index contributed by atoms with van der Waals surface area (Å²) in [5.41, 5.74) is 1.36. The Morgan fingerprint density at radius 2 is 2.27 bits per heavy atom. The molecule has 3 heterocycles. The Balaban J connectivity index is 1.70. The van der Waals surface area contributed by atoms with E-state index in [4.69, 9.17) is 4.74 Å². The Labute approximate surface area is 129 Å². The molecular weight excluding hydrogens is 283 g/mol. The van der Waals surface area contributed by atoms with Gasteiger partial charge in [0.05, 0.1) is 18.0 Å². The molecule has 0 aliphatic carbocycles. The summed E-state index contributed by atoms with van der Waals surface area (Å²) in [4.78, 5) is 10.8. The van der Waals surface area contributed by atoms with Gasteiger partial charge in [-0.05, 0) is 24.3 Å². The molecule has 5 nitrogen and oxygen atoms in total. The van der Waals surface area contributed by atoms with Crippen molar-refractivity contribution in [2.45, 2.75) is 12.6 Å². The molecule has 1 fully saturated rings. The number of anilines is 1. The number of hydrogen-bond donors (Lipinski definition) is 1. The van der Waals surface area contributed by atoms with Gasteiger partial charge in [0.25, 0.3) is 0 Å². The minimum absolute atomic E-state index is 0.103. The van der Waals surface area contributed by atoms with E-state index in [2.05, 4.69) is 20.2 Å². The summed E-state index contributed by atoms with van der Waals surface area (Å²) in [6.45, 7) is 2.53. The van der Waals surface area contributed by atoms with Crippen LogP contribution in [0.25, 0.3) is 0 Å². The maximum atomic E-state index is 13.7. The zero-order chi connectivity index (χ0) is 15.4. The highest BCUT2D eigenvalue weighted by Crippen LogP contribution is 2.23. The average molecular weight is 302 g/mol. The van der Waals surface area contributed by atoms with Crippen molar-refractivity contribution in [2.75, 3.05) is 32.1 Å². The molecule has 1 saturated heterocycles. The first-order chi connectivity index (χ1) is 10.8. The van der Waals surface area contributed by atoms with E-state index in [1.165, 1.54) is 6.07 Å². The second-order valence-corrected chi connectivity index (χ2v) is 5.22. The quantitative estimate of drug-likeness (QED) is 0.938. The molecule has 2 aromatic rings. The van der Waals surface area contributed by atoms with Crippen LogP contribution >= 0.6 is 0 Å². The van der Waals surface area contributed by atoms with Crippen LogP contribution in [0.4, 0.5) is 10.2 Å². The molecule has 116 valence electrons. The van der Waals surface area contributed by atoms with E-state index in [0.29, 0.717) is 25.4 Å². The maximum absolute atomic E-state index is 13.7. The van der Waals surface area contributed by atoms with Crippen LogP contribution in [0.3, 0.4) is 0 Å². The van der Waals surface area contributed by atoms with Crippen molar-refractivity contribution in [1.29, 1.82) is 0 Å². The number of nitrogens with one attached hydrogen (secondary N) is 1.